The van der Waals surface area contributed by atoms with E-state index in [0.717, 1.165) is 42.9 Å². The molecule has 2 saturated heterocycles. The molecule has 218 valence electrons. The van der Waals surface area contributed by atoms with Crippen LogP contribution in [-0.4, -0.2) is 76.5 Å². The third-order valence-corrected chi connectivity index (χ3v) is 8.08. The molecule has 41 heavy (non-hydrogen) atoms. The van der Waals surface area contributed by atoms with Crippen LogP contribution in [0.1, 0.15) is 72.3 Å². The van der Waals surface area contributed by atoms with Crippen molar-refractivity contribution in [2.45, 2.75) is 65.9 Å². The average molecular weight is 558 g/mol. The molecule has 3 heterocycles. The second-order valence-corrected chi connectivity index (χ2v) is 12.5. The summed E-state index contributed by atoms with van der Waals surface area (Å²) in [6.45, 7) is 16.1. The second kappa shape index (κ2) is 11.6. The van der Waals surface area contributed by atoms with Gasteiger partial charge in [0, 0.05) is 50.9 Å². The zero-order valence-corrected chi connectivity index (χ0v) is 25.3. The number of aromatic nitrogens is 2. The second-order valence-electron chi connectivity index (χ2n) is 12.5. The zero-order chi connectivity index (χ0) is 29.3. The molecule has 0 saturated carbocycles. The lowest BCUT2D eigenvalue weighted by Gasteiger charge is -2.37. The standard InChI is InChI=1S/C33H43N5O3/c1-23-8-7-9-27(21-23)38-30(26-12-14-37(15-13-26)32(40)41-33(4,5)6)28(22-34-38)31(39)36-18-16-35(17-19-36)29-11-10-24(2)20-25(29)3/h7-11,20-22,26H,12-19H2,1-6H3. The van der Waals surface area contributed by atoms with Crippen molar-refractivity contribution in [1.82, 2.24) is 19.6 Å². The van der Waals surface area contributed by atoms with E-state index in [-0.39, 0.29) is 17.9 Å². The van der Waals surface area contributed by atoms with Gasteiger partial charge in [-0.15, -0.1) is 0 Å². The third-order valence-electron chi connectivity index (χ3n) is 8.08. The number of piperazine rings is 1. The Kier molecular flexibility index (Phi) is 8.11. The molecule has 1 aromatic heterocycles. The first-order valence-corrected chi connectivity index (χ1v) is 14.7. The van der Waals surface area contributed by atoms with E-state index in [2.05, 4.69) is 56.0 Å². The van der Waals surface area contributed by atoms with Gasteiger partial charge in [-0.3, -0.25) is 4.79 Å². The van der Waals surface area contributed by atoms with Gasteiger partial charge >= 0.3 is 6.09 Å². The Morgan fingerprint density at radius 1 is 0.854 bits per heavy atom. The van der Waals surface area contributed by atoms with Crippen LogP contribution in [0.3, 0.4) is 0 Å². The number of nitrogens with zero attached hydrogens (tertiary/aromatic N) is 5. The number of hydrogen-bond acceptors (Lipinski definition) is 5. The fourth-order valence-electron chi connectivity index (χ4n) is 6.02. The Hall–Kier alpha value is -3.81. The normalized spacial score (nSPS) is 16.7. The van der Waals surface area contributed by atoms with Crippen LogP contribution in [0.4, 0.5) is 10.5 Å². The first-order valence-electron chi connectivity index (χ1n) is 14.7. The van der Waals surface area contributed by atoms with Crippen LogP contribution in [0, 0.1) is 20.8 Å². The lowest BCUT2D eigenvalue weighted by molar-refractivity contribution is 0.0203. The lowest BCUT2D eigenvalue weighted by Crippen LogP contribution is -2.49. The summed E-state index contributed by atoms with van der Waals surface area (Å²) < 4.78 is 7.55. The van der Waals surface area contributed by atoms with Crippen LogP contribution in [0.5, 0.6) is 0 Å². The van der Waals surface area contributed by atoms with Gasteiger partial charge in [0.2, 0.25) is 0 Å². The van der Waals surface area contributed by atoms with Crippen LogP contribution in [0.25, 0.3) is 5.69 Å². The number of anilines is 1. The molecule has 2 aliphatic heterocycles. The molecule has 0 spiro atoms. The summed E-state index contributed by atoms with van der Waals surface area (Å²) in [5, 5.41) is 4.76. The molecule has 8 heteroatoms. The number of aryl methyl sites for hydroxylation is 3. The smallest absolute Gasteiger partial charge is 0.410 e. The SMILES string of the molecule is Cc1cccc(-n2ncc(C(=O)N3CCN(c4ccc(C)cc4C)CC3)c2C2CCN(C(=O)OC(C)(C)C)CC2)c1. The van der Waals surface area contributed by atoms with Gasteiger partial charge in [-0.1, -0.05) is 29.8 Å². The van der Waals surface area contributed by atoms with E-state index in [1.807, 2.05) is 42.5 Å². The van der Waals surface area contributed by atoms with Crippen molar-refractivity contribution < 1.29 is 14.3 Å². The summed E-state index contributed by atoms with van der Waals surface area (Å²) >= 11 is 0. The van der Waals surface area contributed by atoms with Crippen molar-refractivity contribution >= 4 is 17.7 Å². The molecule has 0 aliphatic carbocycles. The Labute approximate surface area is 243 Å². The quantitative estimate of drug-likeness (QED) is 0.401. The molecule has 2 aliphatic rings. The minimum atomic E-state index is -0.528. The fraction of sp³-hybridized carbons (Fsp3) is 0.485. The van der Waals surface area contributed by atoms with E-state index < -0.39 is 5.60 Å². The summed E-state index contributed by atoms with van der Waals surface area (Å²) in [5.41, 5.74) is 6.95. The summed E-state index contributed by atoms with van der Waals surface area (Å²) in [5.74, 6) is 0.140. The Morgan fingerprint density at radius 2 is 1.54 bits per heavy atom. The number of piperidine rings is 1. The number of hydrogen-bond donors (Lipinski definition) is 0. The van der Waals surface area contributed by atoms with E-state index in [9.17, 15) is 9.59 Å². The molecule has 8 nitrogen and oxygen atoms in total. The maximum Gasteiger partial charge on any atom is 0.410 e. The zero-order valence-electron chi connectivity index (χ0n) is 25.3. The molecule has 0 unspecified atom stereocenters. The van der Waals surface area contributed by atoms with Gasteiger partial charge in [0.25, 0.3) is 5.91 Å². The number of carbonyl (C=O) groups excluding carboxylic acids is 2. The van der Waals surface area contributed by atoms with Crippen molar-refractivity contribution in [2.24, 2.45) is 0 Å². The van der Waals surface area contributed by atoms with Crippen LogP contribution in [0.15, 0.2) is 48.7 Å². The molecule has 2 aromatic carbocycles. The molecule has 0 N–H and O–H groups in total. The summed E-state index contributed by atoms with van der Waals surface area (Å²) in [7, 11) is 0. The highest BCUT2D eigenvalue weighted by Gasteiger charge is 2.34. The average Bonchev–Trinajstić information content (AvgIpc) is 3.37. The summed E-state index contributed by atoms with van der Waals surface area (Å²) in [4.78, 5) is 32.9. The molecule has 0 atom stereocenters. The Morgan fingerprint density at radius 3 is 2.17 bits per heavy atom. The molecule has 2 amide bonds. The number of ether oxygens (including phenoxy) is 1. The summed E-state index contributed by atoms with van der Waals surface area (Å²) in [6, 6.07) is 14.8. The number of rotatable bonds is 4. The van der Waals surface area contributed by atoms with Crippen molar-refractivity contribution in [3.8, 4) is 5.69 Å². The molecule has 5 rings (SSSR count). The molecule has 2 fully saturated rings. The molecular formula is C33H43N5O3. The number of amides is 2. The largest absolute Gasteiger partial charge is 0.444 e. The molecular weight excluding hydrogens is 514 g/mol. The maximum absolute atomic E-state index is 14.0. The van der Waals surface area contributed by atoms with Crippen molar-refractivity contribution in [3.63, 3.8) is 0 Å². The van der Waals surface area contributed by atoms with Crippen molar-refractivity contribution in [1.29, 1.82) is 0 Å². The van der Waals surface area contributed by atoms with Gasteiger partial charge in [0.05, 0.1) is 23.1 Å². The van der Waals surface area contributed by atoms with Gasteiger partial charge in [-0.05, 0) is 83.7 Å². The Balaban J connectivity index is 1.36. The third kappa shape index (κ3) is 6.42. The monoisotopic (exact) mass is 557 g/mol. The van der Waals surface area contributed by atoms with Crippen LogP contribution >= 0.6 is 0 Å². The van der Waals surface area contributed by atoms with Gasteiger partial charge in [0.1, 0.15) is 5.60 Å². The van der Waals surface area contributed by atoms with E-state index in [0.29, 0.717) is 31.7 Å². The topological polar surface area (TPSA) is 70.9 Å². The van der Waals surface area contributed by atoms with Crippen LogP contribution < -0.4 is 4.90 Å². The summed E-state index contributed by atoms with van der Waals surface area (Å²) in [6.07, 6.45) is 2.97. The minimum absolute atomic E-state index is 0.0359. The molecule has 3 aromatic rings. The minimum Gasteiger partial charge on any atom is -0.444 e. The van der Waals surface area contributed by atoms with Crippen LogP contribution in [0.2, 0.25) is 0 Å². The van der Waals surface area contributed by atoms with E-state index in [1.54, 1.807) is 11.1 Å². The van der Waals surface area contributed by atoms with Crippen molar-refractivity contribution in [2.75, 3.05) is 44.2 Å². The predicted molar refractivity (Wildman–Crippen MR) is 162 cm³/mol. The first-order chi connectivity index (χ1) is 19.5. The van der Waals surface area contributed by atoms with Gasteiger partial charge in [0.15, 0.2) is 0 Å². The van der Waals surface area contributed by atoms with E-state index in [1.165, 1.54) is 16.8 Å². The van der Waals surface area contributed by atoms with Crippen LogP contribution in [-0.2, 0) is 4.74 Å². The molecule has 0 bridgehead atoms. The van der Waals surface area contributed by atoms with Gasteiger partial charge in [-0.2, -0.15) is 5.10 Å². The number of benzene rings is 2. The maximum atomic E-state index is 14.0. The number of carbonyl (C=O) groups is 2. The van der Waals surface area contributed by atoms with Gasteiger partial charge < -0.3 is 19.4 Å². The van der Waals surface area contributed by atoms with E-state index in [4.69, 9.17) is 9.84 Å². The molecule has 0 radical (unpaired) electrons. The van der Waals surface area contributed by atoms with E-state index >= 15 is 0 Å². The highest BCUT2D eigenvalue weighted by Crippen LogP contribution is 2.34. The first kappa shape index (κ1) is 28.7. The fourth-order valence-corrected chi connectivity index (χ4v) is 6.02. The highest BCUT2D eigenvalue weighted by atomic mass is 16.6. The highest BCUT2D eigenvalue weighted by molar-refractivity contribution is 5.95. The van der Waals surface area contributed by atoms with Gasteiger partial charge in [-0.25, -0.2) is 9.48 Å². The Bertz CT molecular complexity index is 1410. The van der Waals surface area contributed by atoms with Crippen molar-refractivity contribution in [3.05, 3.63) is 76.6 Å². The predicted octanol–water partition coefficient (Wildman–Crippen LogP) is 5.87. The number of likely N-dealkylation sites (tertiary alicyclic amines) is 1. The lowest BCUT2D eigenvalue weighted by atomic mass is 9.90.